The van der Waals surface area contributed by atoms with Gasteiger partial charge in [-0.05, 0) is 49.7 Å². The first-order valence-corrected chi connectivity index (χ1v) is 11.5. The topological polar surface area (TPSA) is 84.9 Å². The Hall–Kier alpha value is -2.29. The van der Waals surface area contributed by atoms with Crippen molar-refractivity contribution in [3.05, 3.63) is 53.1 Å². The number of hydrogen-bond acceptors (Lipinski definition) is 6. The van der Waals surface area contributed by atoms with Crippen LogP contribution in [0.2, 0.25) is 5.02 Å². The van der Waals surface area contributed by atoms with Crippen LogP contribution >= 0.6 is 11.6 Å². The average molecular weight is 453 g/mol. The monoisotopic (exact) mass is 452 g/mol. The van der Waals surface area contributed by atoms with Gasteiger partial charge < -0.3 is 14.4 Å². The van der Waals surface area contributed by atoms with Gasteiger partial charge in [0.05, 0.1) is 22.7 Å². The van der Waals surface area contributed by atoms with E-state index in [1.807, 2.05) is 7.05 Å². The van der Waals surface area contributed by atoms with Crippen molar-refractivity contribution in [1.82, 2.24) is 4.90 Å². The first kappa shape index (κ1) is 22.4. The fraction of sp³-hybridized carbons (Fsp3) is 0.381. The first-order chi connectivity index (χ1) is 14.3. The van der Waals surface area contributed by atoms with Gasteiger partial charge >= 0.3 is 5.97 Å². The fourth-order valence-electron chi connectivity index (χ4n) is 3.23. The Kier molecular flexibility index (Phi) is 7.23. The molecule has 2 aromatic rings. The Morgan fingerprint density at radius 3 is 2.60 bits per heavy atom. The number of nitrogens with one attached hydrogen (secondary N) is 1. The van der Waals surface area contributed by atoms with Crippen molar-refractivity contribution in [1.29, 1.82) is 0 Å². The fourth-order valence-corrected chi connectivity index (χ4v) is 4.44. The molecule has 0 unspecified atom stereocenters. The second-order valence-corrected chi connectivity index (χ2v) is 9.35. The van der Waals surface area contributed by atoms with Crippen LogP contribution in [0.15, 0.2) is 47.4 Å². The molecule has 3 rings (SSSR count). The van der Waals surface area contributed by atoms with Crippen LogP contribution in [0.4, 0.5) is 5.69 Å². The van der Waals surface area contributed by atoms with Crippen molar-refractivity contribution in [2.24, 2.45) is 0 Å². The molecule has 30 heavy (non-hydrogen) atoms. The van der Waals surface area contributed by atoms with Gasteiger partial charge in [-0.2, -0.15) is 0 Å². The minimum absolute atomic E-state index is 0.0249. The number of esters is 1. The molecular formula is C21H25ClN2O5S. The van der Waals surface area contributed by atoms with Gasteiger partial charge in [-0.3, -0.25) is 9.52 Å². The molecule has 162 valence electrons. The maximum atomic E-state index is 12.7. The van der Waals surface area contributed by atoms with Gasteiger partial charge in [0.25, 0.3) is 10.0 Å². The zero-order chi connectivity index (χ0) is 21.7. The molecule has 0 radical (unpaired) electrons. The SMILES string of the molecule is COC(=O)CCc1ccc(S(=O)(=O)Nc2ccc(Cl)c(O[C@H]3CCN(C)C3)c2)cc1. The predicted octanol–water partition coefficient (Wildman–Crippen LogP) is 3.33. The molecule has 0 bridgehead atoms. The lowest BCUT2D eigenvalue weighted by Crippen LogP contribution is -2.21. The number of carbonyl (C=O) groups excluding carboxylic acids is 1. The van der Waals surface area contributed by atoms with Crippen LogP contribution in [0, 0.1) is 0 Å². The Balaban J connectivity index is 1.68. The third-order valence-corrected chi connectivity index (χ3v) is 6.61. The number of anilines is 1. The molecule has 2 aromatic carbocycles. The molecule has 1 aliphatic rings. The minimum Gasteiger partial charge on any atom is -0.487 e. The van der Waals surface area contributed by atoms with E-state index in [2.05, 4.69) is 14.4 Å². The molecule has 9 heteroatoms. The number of likely N-dealkylation sites (N-methyl/N-ethyl adjacent to an activating group) is 1. The number of sulfonamides is 1. The molecule has 7 nitrogen and oxygen atoms in total. The minimum atomic E-state index is -3.78. The van der Waals surface area contributed by atoms with Crippen molar-refractivity contribution in [3.8, 4) is 5.75 Å². The molecule has 1 atom stereocenters. The molecule has 0 spiro atoms. The Labute approximate surface area is 182 Å². The van der Waals surface area contributed by atoms with Crippen LogP contribution in [-0.2, 0) is 26.0 Å². The summed E-state index contributed by atoms with van der Waals surface area (Å²) >= 11 is 6.23. The van der Waals surface area contributed by atoms with Gasteiger partial charge in [0.2, 0.25) is 0 Å². The van der Waals surface area contributed by atoms with Crippen LogP contribution in [0.25, 0.3) is 0 Å². The van der Waals surface area contributed by atoms with Crippen LogP contribution in [0.5, 0.6) is 5.75 Å². The summed E-state index contributed by atoms with van der Waals surface area (Å²) < 4.78 is 38.6. The highest BCUT2D eigenvalue weighted by molar-refractivity contribution is 7.92. The Morgan fingerprint density at radius 1 is 1.23 bits per heavy atom. The van der Waals surface area contributed by atoms with E-state index in [0.29, 0.717) is 22.9 Å². The summed E-state index contributed by atoms with van der Waals surface area (Å²) in [5.41, 5.74) is 1.22. The summed E-state index contributed by atoms with van der Waals surface area (Å²) in [6.07, 6.45) is 1.64. The number of likely N-dealkylation sites (tertiary alicyclic amines) is 1. The standard InChI is InChI=1S/C21H25ClN2O5S/c1-24-12-11-17(14-24)29-20-13-16(6-9-19(20)22)23-30(26,27)18-7-3-15(4-8-18)5-10-21(25)28-2/h3-4,6-9,13,17,23H,5,10-12,14H2,1-2H3/t17-/m0/s1. The zero-order valence-corrected chi connectivity index (χ0v) is 18.5. The van der Waals surface area contributed by atoms with E-state index in [1.165, 1.54) is 19.2 Å². The molecule has 0 amide bonds. The molecular weight excluding hydrogens is 428 g/mol. The molecule has 1 fully saturated rings. The largest absolute Gasteiger partial charge is 0.487 e. The highest BCUT2D eigenvalue weighted by Crippen LogP contribution is 2.31. The summed E-state index contributed by atoms with van der Waals surface area (Å²) in [7, 11) is -0.420. The summed E-state index contributed by atoms with van der Waals surface area (Å²) in [4.78, 5) is 13.5. The van der Waals surface area contributed by atoms with E-state index in [9.17, 15) is 13.2 Å². The maximum Gasteiger partial charge on any atom is 0.305 e. The van der Waals surface area contributed by atoms with Crippen molar-refractivity contribution >= 4 is 33.3 Å². The molecule has 1 N–H and O–H groups in total. The Bertz CT molecular complexity index is 995. The van der Waals surface area contributed by atoms with E-state index in [0.717, 1.165) is 25.1 Å². The van der Waals surface area contributed by atoms with Gasteiger partial charge in [-0.1, -0.05) is 23.7 Å². The maximum absolute atomic E-state index is 12.7. The molecule has 0 aliphatic carbocycles. The number of aryl methyl sites for hydroxylation is 1. The number of rotatable bonds is 8. The van der Waals surface area contributed by atoms with Crippen molar-refractivity contribution < 1.29 is 22.7 Å². The van der Waals surface area contributed by atoms with Gasteiger partial charge in [0.1, 0.15) is 11.9 Å². The second kappa shape index (κ2) is 9.68. The van der Waals surface area contributed by atoms with Gasteiger partial charge in [-0.25, -0.2) is 8.42 Å². The van der Waals surface area contributed by atoms with Crippen LogP contribution in [0.1, 0.15) is 18.4 Å². The lowest BCUT2D eigenvalue weighted by molar-refractivity contribution is -0.140. The number of methoxy groups -OCH3 is 1. The van der Waals surface area contributed by atoms with E-state index in [4.69, 9.17) is 16.3 Å². The number of halogens is 1. The number of ether oxygens (including phenoxy) is 2. The van der Waals surface area contributed by atoms with Crippen LogP contribution < -0.4 is 9.46 Å². The van der Waals surface area contributed by atoms with Gasteiger partial charge in [-0.15, -0.1) is 0 Å². The highest BCUT2D eigenvalue weighted by Gasteiger charge is 2.22. The van der Waals surface area contributed by atoms with E-state index in [1.54, 1.807) is 30.3 Å². The van der Waals surface area contributed by atoms with E-state index in [-0.39, 0.29) is 23.4 Å². The summed E-state index contributed by atoms with van der Waals surface area (Å²) in [6, 6.07) is 11.2. The number of carbonyl (C=O) groups is 1. The number of nitrogens with zero attached hydrogens (tertiary/aromatic N) is 1. The van der Waals surface area contributed by atoms with Crippen LogP contribution in [0.3, 0.4) is 0 Å². The molecule has 1 aliphatic heterocycles. The first-order valence-electron chi connectivity index (χ1n) is 9.60. The summed E-state index contributed by atoms with van der Waals surface area (Å²) in [5, 5.41) is 0.433. The van der Waals surface area contributed by atoms with E-state index >= 15 is 0 Å². The number of hydrogen-bond donors (Lipinski definition) is 1. The lowest BCUT2D eigenvalue weighted by atomic mass is 10.1. The molecule has 1 heterocycles. The number of benzene rings is 2. The third-order valence-electron chi connectivity index (χ3n) is 4.90. The normalized spacial score (nSPS) is 17.0. The molecule has 0 saturated carbocycles. The van der Waals surface area contributed by atoms with Crippen molar-refractivity contribution in [2.75, 3.05) is 32.0 Å². The summed E-state index contributed by atoms with van der Waals surface area (Å²) in [5.74, 6) is 0.147. The third kappa shape index (κ3) is 5.87. The predicted molar refractivity (Wildman–Crippen MR) is 116 cm³/mol. The zero-order valence-electron chi connectivity index (χ0n) is 16.9. The lowest BCUT2D eigenvalue weighted by Gasteiger charge is -2.16. The van der Waals surface area contributed by atoms with Crippen LogP contribution in [-0.4, -0.2) is 52.6 Å². The van der Waals surface area contributed by atoms with Gasteiger partial charge in [0, 0.05) is 25.6 Å². The van der Waals surface area contributed by atoms with E-state index < -0.39 is 10.0 Å². The van der Waals surface area contributed by atoms with Crippen molar-refractivity contribution in [3.63, 3.8) is 0 Å². The molecule has 1 saturated heterocycles. The van der Waals surface area contributed by atoms with Crippen molar-refractivity contribution in [2.45, 2.75) is 30.3 Å². The summed E-state index contributed by atoms with van der Waals surface area (Å²) in [6.45, 7) is 1.75. The second-order valence-electron chi connectivity index (χ2n) is 7.26. The highest BCUT2D eigenvalue weighted by atomic mass is 35.5. The molecule has 0 aromatic heterocycles. The smallest absolute Gasteiger partial charge is 0.305 e. The quantitative estimate of drug-likeness (QED) is 0.618. The average Bonchev–Trinajstić information content (AvgIpc) is 3.13. The Morgan fingerprint density at radius 2 is 1.97 bits per heavy atom. The van der Waals surface area contributed by atoms with Gasteiger partial charge in [0.15, 0.2) is 0 Å².